The highest BCUT2D eigenvalue weighted by molar-refractivity contribution is 6.22. The topological polar surface area (TPSA) is 16.4 Å². The van der Waals surface area contributed by atoms with Gasteiger partial charge in [-0.05, 0) is 127 Å². The van der Waals surface area contributed by atoms with Crippen molar-refractivity contribution in [3.8, 4) is 55.6 Å². The summed E-state index contributed by atoms with van der Waals surface area (Å²) in [6.07, 6.45) is 0. The second-order valence-corrected chi connectivity index (χ2v) is 16.7. The summed E-state index contributed by atoms with van der Waals surface area (Å²) < 4.78 is 72.4. The Hall–Kier alpha value is -7.94. The number of benzene rings is 10. The Morgan fingerprint density at radius 3 is 1.62 bits per heavy atom. The van der Waals surface area contributed by atoms with Crippen LogP contribution in [0.1, 0.15) is 34.6 Å². The lowest BCUT2D eigenvalue weighted by Gasteiger charge is -2.28. The van der Waals surface area contributed by atoms with Gasteiger partial charge in [0, 0.05) is 38.6 Å². The molecule has 0 unspecified atom stereocenters. The third-order valence-electron chi connectivity index (χ3n) is 12.7. The number of rotatable bonds is 7. The van der Waals surface area contributed by atoms with Crippen LogP contribution in [0.3, 0.4) is 0 Å². The fourth-order valence-corrected chi connectivity index (χ4v) is 9.52. The Morgan fingerprint density at radius 1 is 0.413 bits per heavy atom. The molecule has 1 aliphatic rings. The van der Waals surface area contributed by atoms with Gasteiger partial charge in [0.15, 0.2) is 0 Å². The molecule has 12 rings (SSSR count). The van der Waals surface area contributed by atoms with Gasteiger partial charge in [-0.2, -0.15) is 0 Å². The molecule has 0 spiro atoms. The molecule has 0 atom stereocenters. The SMILES string of the molecule is [2H]c1c([2H])c([2H])c2c(c1[2H])c(-c1ccccc1)c([2H])c1c2oc2c([2H])c(-c3ccccc3)c([2H])c(-c3ccc(N(c4ccc(-c5ccccc5)cc4)c4ccc5c(c4)C(C)(C)c4ccccc4-5)cc3)c21. The average Bonchev–Trinajstić information content (AvgIpc) is 3.89. The maximum Gasteiger partial charge on any atom is 0.143 e. The largest absolute Gasteiger partial charge is 0.455 e. The Morgan fingerprint density at radius 2 is 0.937 bits per heavy atom. The highest BCUT2D eigenvalue weighted by Gasteiger charge is 2.35. The molecule has 0 saturated heterocycles. The Kier molecular flexibility index (Phi) is 6.99. The van der Waals surface area contributed by atoms with E-state index in [1.165, 1.54) is 22.3 Å². The van der Waals surface area contributed by atoms with Crippen molar-refractivity contribution in [2.45, 2.75) is 19.3 Å². The van der Waals surface area contributed by atoms with Crippen molar-refractivity contribution < 1.29 is 14.0 Å². The number of hydrogen-bond donors (Lipinski definition) is 0. The van der Waals surface area contributed by atoms with Gasteiger partial charge in [-0.25, -0.2) is 0 Å². The fraction of sp³-hybridized carbons (Fsp3) is 0.0492. The predicted octanol–water partition coefficient (Wildman–Crippen LogP) is 17.2. The molecule has 2 heteroatoms. The fourth-order valence-electron chi connectivity index (χ4n) is 9.52. The minimum Gasteiger partial charge on any atom is -0.455 e. The first-order chi connectivity index (χ1) is 33.9. The molecule has 0 aliphatic heterocycles. The molecule has 0 bridgehead atoms. The van der Waals surface area contributed by atoms with Crippen molar-refractivity contribution in [1.29, 1.82) is 0 Å². The molecule has 1 aliphatic carbocycles. The van der Waals surface area contributed by atoms with Crippen molar-refractivity contribution in [2.75, 3.05) is 4.90 Å². The standard InChI is InChI=1S/C61H43NO/c1-61(2)56-25-15-14-23-50(56)51-35-34-48(38-57(51)61)62(46-30-26-42(27-31-46)40-16-6-3-7-17-40)47-32-28-44(29-33-47)54-36-45(41-18-8-4-9-19-41)37-58-59(54)55-39-53(43-20-10-5-11-21-43)49-22-12-13-24-52(49)60(55)63-58/h3-39H,1-2H3/i12D,13D,22D,24D,36D,37D,39D. The lowest BCUT2D eigenvalue weighted by Crippen LogP contribution is -2.16. The van der Waals surface area contributed by atoms with E-state index in [0.29, 0.717) is 38.8 Å². The van der Waals surface area contributed by atoms with Gasteiger partial charge in [0.1, 0.15) is 11.2 Å². The molecule has 11 aromatic rings. The molecule has 0 fully saturated rings. The Balaban J connectivity index is 1.11. The zero-order valence-electron chi connectivity index (χ0n) is 41.7. The molecule has 2 nitrogen and oxygen atoms in total. The van der Waals surface area contributed by atoms with Crippen LogP contribution in [0.25, 0.3) is 88.3 Å². The third kappa shape index (κ3) is 6.09. The monoisotopic (exact) mass is 812 g/mol. The normalized spacial score (nSPS) is 14.3. The molecule has 0 N–H and O–H groups in total. The van der Waals surface area contributed by atoms with Gasteiger partial charge in [-0.1, -0.05) is 184 Å². The third-order valence-corrected chi connectivity index (χ3v) is 12.7. The smallest absolute Gasteiger partial charge is 0.143 e. The first kappa shape index (κ1) is 30.1. The summed E-state index contributed by atoms with van der Waals surface area (Å²) in [5.41, 5.74) is 13.0. The van der Waals surface area contributed by atoms with Crippen LogP contribution in [0.15, 0.2) is 229 Å². The minimum atomic E-state index is -0.431. The van der Waals surface area contributed by atoms with Crippen LogP contribution < -0.4 is 4.90 Å². The van der Waals surface area contributed by atoms with E-state index >= 15 is 0 Å². The molecule has 0 amide bonds. The molecule has 63 heavy (non-hydrogen) atoms. The quantitative estimate of drug-likeness (QED) is 0.159. The molecular weight excluding hydrogens is 763 g/mol. The van der Waals surface area contributed by atoms with Crippen LogP contribution >= 0.6 is 0 Å². The molecule has 10 aromatic carbocycles. The van der Waals surface area contributed by atoms with E-state index in [-0.39, 0.29) is 63.0 Å². The summed E-state index contributed by atoms with van der Waals surface area (Å²) in [5.74, 6) is 0. The zero-order valence-corrected chi connectivity index (χ0v) is 34.7. The summed E-state index contributed by atoms with van der Waals surface area (Å²) >= 11 is 0. The van der Waals surface area contributed by atoms with E-state index in [9.17, 15) is 5.48 Å². The van der Waals surface area contributed by atoms with E-state index in [2.05, 4.69) is 97.6 Å². The van der Waals surface area contributed by atoms with E-state index in [1.807, 2.05) is 103 Å². The van der Waals surface area contributed by atoms with Crippen molar-refractivity contribution in [2.24, 2.45) is 0 Å². The summed E-state index contributed by atoms with van der Waals surface area (Å²) in [6.45, 7) is 4.56. The summed E-state index contributed by atoms with van der Waals surface area (Å²) in [4.78, 5) is 2.25. The summed E-state index contributed by atoms with van der Waals surface area (Å²) in [7, 11) is 0. The zero-order chi connectivity index (χ0) is 48.2. The van der Waals surface area contributed by atoms with Crippen LogP contribution in [-0.4, -0.2) is 0 Å². The highest BCUT2D eigenvalue weighted by Crippen LogP contribution is 2.51. The van der Waals surface area contributed by atoms with Crippen LogP contribution in [0.2, 0.25) is 0 Å². The number of hydrogen-bond acceptors (Lipinski definition) is 2. The number of furan rings is 1. The van der Waals surface area contributed by atoms with E-state index in [1.54, 1.807) is 0 Å². The van der Waals surface area contributed by atoms with Crippen LogP contribution in [0.5, 0.6) is 0 Å². The van der Waals surface area contributed by atoms with Crippen molar-refractivity contribution in [3.05, 3.63) is 235 Å². The highest BCUT2D eigenvalue weighted by atomic mass is 16.3. The van der Waals surface area contributed by atoms with Gasteiger partial charge in [0.05, 0.1) is 9.60 Å². The lowest BCUT2D eigenvalue weighted by atomic mass is 9.82. The first-order valence-corrected chi connectivity index (χ1v) is 21.3. The first-order valence-electron chi connectivity index (χ1n) is 24.8. The average molecular weight is 813 g/mol. The molecule has 1 aromatic heterocycles. The Bertz CT molecular complexity index is 3910. The van der Waals surface area contributed by atoms with E-state index < -0.39 is 12.1 Å². The summed E-state index contributed by atoms with van der Waals surface area (Å²) in [5, 5.41) is 0.919. The molecule has 298 valence electrons. The number of nitrogens with zero attached hydrogens (tertiary/aromatic N) is 1. The molecular formula is C61H43NO. The second-order valence-electron chi connectivity index (χ2n) is 16.7. The van der Waals surface area contributed by atoms with E-state index in [0.717, 1.165) is 28.2 Å². The van der Waals surface area contributed by atoms with Gasteiger partial charge < -0.3 is 9.32 Å². The van der Waals surface area contributed by atoms with Gasteiger partial charge in [0.2, 0.25) is 0 Å². The van der Waals surface area contributed by atoms with Crippen molar-refractivity contribution in [3.63, 3.8) is 0 Å². The van der Waals surface area contributed by atoms with Gasteiger partial charge in [-0.3, -0.25) is 0 Å². The van der Waals surface area contributed by atoms with Crippen LogP contribution in [0.4, 0.5) is 17.1 Å². The maximum absolute atomic E-state index is 10.1. The summed E-state index contributed by atoms with van der Waals surface area (Å²) in [6, 6.07) is 59.3. The predicted molar refractivity (Wildman–Crippen MR) is 265 cm³/mol. The van der Waals surface area contributed by atoms with E-state index in [4.69, 9.17) is 8.53 Å². The maximum atomic E-state index is 10.1. The number of fused-ring (bicyclic) bond motifs is 8. The second kappa shape index (κ2) is 14.6. The van der Waals surface area contributed by atoms with Crippen LogP contribution in [0, 0.1) is 0 Å². The van der Waals surface area contributed by atoms with Crippen LogP contribution in [-0.2, 0) is 5.41 Å². The minimum absolute atomic E-state index is 0.0200. The molecule has 1 heterocycles. The molecule has 0 saturated carbocycles. The van der Waals surface area contributed by atoms with Gasteiger partial charge in [0.25, 0.3) is 0 Å². The van der Waals surface area contributed by atoms with Gasteiger partial charge >= 0.3 is 0 Å². The van der Waals surface area contributed by atoms with Crippen molar-refractivity contribution >= 4 is 49.8 Å². The van der Waals surface area contributed by atoms with Gasteiger partial charge in [-0.15, -0.1) is 0 Å². The number of anilines is 3. The molecule has 0 radical (unpaired) electrons. The Labute approximate surface area is 377 Å². The lowest BCUT2D eigenvalue weighted by molar-refractivity contribution is 0.660. The van der Waals surface area contributed by atoms with Crippen molar-refractivity contribution in [1.82, 2.24) is 0 Å².